The molecule has 0 aromatic carbocycles. The first kappa shape index (κ1) is 24.8. The molecular formula is C27H36O7. The number of aliphatic hydroxyl groups is 1. The minimum Gasteiger partial charge on any atom is -0.458 e. The Bertz CT molecular complexity index is 979. The van der Waals surface area contributed by atoms with Crippen molar-refractivity contribution in [2.24, 2.45) is 34.5 Å². The molecule has 8 atom stereocenters. The van der Waals surface area contributed by atoms with Crippen molar-refractivity contribution in [2.45, 2.75) is 78.4 Å². The van der Waals surface area contributed by atoms with Gasteiger partial charge in [0, 0.05) is 36.0 Å². The molecule has 3 saturated carbocycles. The molecule has 0 aromatic rings. The number of fused-ring (bicyclic) bond motifs is 5. The van der Waals surface area contributed by atoms with E-state index in [2.05, 4.69) is 6.92 Å². The van der Waals surface area contributed by atoms with Crippen LogP contribution in [0.4, 0.5) is 0 Å². The van der Waals surface area contributed by atoms with Gasteiger partial charge in [0.1, 0.15) is 0 Å². The van der Waals surface area contributed by atoms with Gasteiger partial charge in [-0.1, -0.05) is 39.3 Å². The van der Waals surface area contributed by atoms with E-state index in [-0.39, 0.29) is 42.3 Å². The largest absolute Gasteiger partial charge is 0.458 e. The van der Waals surface area contributed by atoms with E-state index < -0.39 is 46.9 Å². The highest BCUT2D eigenvalue weighted by Gasteiger charge is 2.72. The van der Waals surface area contributed by atoms with E-state index in [1.165, 1.54) is 6.92 Å². The summed E-state index contributed by atoms with van der Waals surface area (Å²) in [6.45, 7) is 8.45. The molecule has 0 radical (unpaired) electrons. The van der Waals surface area contributed by atoms with Crippen LogP contribution in [-0.4, -0.2) is 46.9 Å². The molecule has 186 valence electrons. The molecule has 1 N–H and O–H groups in total. The van der Waals surface area contributed by atoms with Crippen molar-refractivity contribution in [1.29, 1.82) is 0 Å². The molecule has 3 fully saturated rings. The zero-order chi connectivity index (χ0) is 25.1. The summed E-state index contributed by atoms with van der Waals surface area (Å²) in [4.78, 5) is 49.8. The summed E-state index contributed by atoms with van der Waals surface area (Å²) in [5.41, 5.74) is -1.64. The molecule has 7 heteroatoms. The summed E-state index contributed by atoms with van der Waals surface area (Å²) in [7, 11) is 0. The summed E-state index contributed by atoms with van der Waals surface area (Å²) in [5.74, 6) is -1.74. The first-order valence-corrected chi connectivity index (χ1v) is 12.4. The molecular weight excluding hydrogens is 436 g/mol. The lowest BCUT2D eigenvalue weighted by molar-refractivity contribution is -0.206. The highest BCUT2D eigenvalue weighted by molar-refractivity contribution is 6.01. The number of aliphatic hydroxyl groups excluding tert-OH is 1. The number of esters is 2. The summed E-state index contributed by atoms with van der Waals surface area (Å²) in [6.07, 6.45) is 7.14. The fourth-order valence-electron chi connectivity index (χ4n) is 8.04. The van der Waals surface area contributed by atoms with E-state index in [0.717, 1.165) is 18.4 Å². The first-order valence-electron chi connectivity index (χ1n) is 12.4. The second-order valence-corrected chi connectivity index (χ2v) is 11.1. The van der Waals surface area contributed by atoms with E-state index in [0.29, 0.717) is 6.42 Å². The average molecular weight is 473 g/mol. The lowest BCUT2D eigenvalue weighted by atomic mass is 9.46. The van der Waals surface area contributed by atoms with Crippen molar-refractivity contribution >= 4 is 23.5 Å². The van der Waals surface area contributed by atoms with Gasteiger partial charge in [0.05, 0.1) is 6.10 Å². The Morgan fingerprint density at radius 2 is 1.94 bits per heavy atom. The van der Waals surface area contributed by atoms with Gasteiger partial charge in [0.25, 0.3) is 0 Å². The van der Waals surface area contributed by atoms with Gasteiger partial charge >= 0.3 is 11.9 Å². The predicted molar refractivity (Wildman–Crippen MR) is 123 cm³/mol. The van der Waals surface area contributed by atoms with Gasteiger partial charge in [-0.25, -0.2) is 0 Å². The smallest absolute Gasteiger partial charge is 0.306 e. The molecule has 0 saturated heterocycles. The first-order chi connectivity index (χ1) is 15.9. The van der Waals surface area contributed by atoms with E-state index >= 15 is 0 Å². The average Bonchev–Trinajstić information content (AvgIpc) is 2.99. The minimum absolute atomic E-state index is 0.0166. The second-order valence-electron chi connectivity index (χ2n) is 11.1. The van der Waals surface area contributed by atoms with Crippen LogP contribution >= 0.6 is 0 Å². The maximum absolute atomic E-state index is 13.7. The molecule has 34 heavy (non-hydrogen) atoms. The summed E-state index contributed by atoms with van der Waals surface area (Å²) >= 11 is 0. The Labute approximate surface area is 200 Å². The van der Waals surface area contributed by atoms with Crippen molar-refractivity contribution < 1.29 is 33.8 Å². The zero-order valence-electron chi connectivity index (χ0n) is 20.8. The Balaban J connectivity index is 1.77. The monoisotopic (exact) mass is 472 g/mol. The van der Waals surface area contributed by atoms with Crippen LogP contribution in [0.2, 0.25) is 0 Å². The number of carbonyl (C=O) groups is 4. The molecule has 0 aliphatic heterocycles. The highest BCUT2D eigenvalue weighted by atomic mass is 16.6. The van der Waals surface area contributed by atoms with Crippen LogP contribution < -0.4 is 0 Å². The van der Waals surface area contributed by atoms with Crippen LogP contribution in [0.1, 0.15) is 66.7 Å². The van der Waals surface area contributed by atoms with Gasteiger partial charge in [0.2, 0.25) is 5.78 Å². The van der Waals surface area contributed by atoms with Crippen LogP contribution in [0.3, 0.4) is 0 Å². The Morgan fingerprint density at radius 1 is 1.24 bits per heavy atom. The fourth-order valence-corrected chi connectivity index (χ4v) is 8.04. The van der Waals surface area contributed by atoms with E-state index in [1.54, 1.807) is 19.1 Å². The number of ketones is 2. The molecule has 0 heterocycles. The number of carbonyl (C=O) groups excluding carboxylic acids is 4. The molecule has 0 amide bonds. The summed E-state index contributed by atoms with van der Waals surface area (Å²) < 4.78 is 11.1. The summed E-state index contributed by atoms with van der Waals surface area (Å²) in [5, 5.41) is 11.6. The van der Waals surface area contributed by atoms with E-state index in [1.807, 2.05) is 19.9 Å². The van der Waals surface area contributed by atoms with Crippen LogP contribution in [0.15, 0.2) is 23.8 Å². The lowest BCUT2D eigenvalue weighted by Crippen LogP contribution is -2.64. The van der Waals surface area contributed by atoms with Crippen molar-refractivity contribution in [3.05, 3.63) is 23.8 Å². The third-order valence-corrected chi connectivity index (χ3v) is 9.42. The normalized spacial score (nSPS) is 42.7. The Morgan fingerprint density at radius 3 is 2.59 bits per heavy atom. The van der Waals surface area contributed by atoms with Crippen LogP contribution in [0, 0.1) is 34.5 Å². The molecule has 0 aromatic heterocycles. The molecule has 4 aliphatic rings. The topological polar surface area (TPSA) is 107 Å². The SMILES string of the molecule is CCC(=O)O[C@]1(C(=O)COC(C)=O)[C@@H](C)CC2C3CCC4=CC(=O)C=C[C@]4(C)C3C(O)C[C@@]21C. The van der Waals surface area contributed by atoms with Crippen molar-refractivity contribution in [3.8, 4) is 0 Å². The zero-order valence-corrected chi connectivity index (χ0v) is 20.8. The molecule has 0 spiro atoms. The third kappa shape index (κ3) is 3.42. The highest BCUT2D eigenvalue weighted by Crippen LogP contribution is 2.69. The van der Waals surface area contributed by atoms with Gasteiger partial charge < -0.3 is 14.6 Å². The second kappa shape index (κ2) is 8.43. The van der Waals surface area contributed by atoms with Gasteiger partial charge in [-0.15, -0.1) is 0 Å². The number of ether oxygens (including phenoxy) is 2. The Kier molecular flexibility index (Phi) is 6.16. The number of hydrogen-bond donors (Lipinski definition) is 1. The van der Waals surface area contributed by atoms with Crippen LogP contribution in [-0.2, 0) is 28.7 Å². The van der Waals surface area contributed by atoms with E-state index in [9.17, 15) is 24.3 Å². The predicted octanol–water partition coefficient (Wildman–Crippen LogP) is 3.34. The Hall–Kier alpha value is -2.28. The molecule has 4 rings (SSSR count). The maximum atomic E-state index is 13.7. The number of hydrogen-bond acceptors (Lipinski definition) is 7. The standard InChI is InChI=1S/C27H36O7/c1-6-23(32)34-27(22(31)14-33-16(3)28)15(2)11-20-19-8-7-17-12-18(29)9-10-25(17,4)24(19)21(30)13-26(20,27)5/h9-10,12,15,19-21,24,30H,6-8,11,13-14H2,1-5H3/t15-,19?,20?,21?,24?,25-,26-,27-/m0/s1. The van der Waals surface area contributed by atoms with Crippen molar-refractivity contribution in [3.63, 3.8) is 0 Å². The van der Waals surface area contributed by atoms with Crippen LogP contribution in [0.5, 0.6) is 0 Å². The molecule has 4 aliphatic carbocycles. The van der Waals surface area contributed by atoms with Gasteiger partial charge in [-0.2, -0.15) is 0 Å². The fraction of sp³-hybridized carbons (Fsp3) is 0.704. The van der Waals surface area contributed by atoms with Crippen molar-refractivity contribution in [1.82, 2.24) is 0 Å². The number of rotatable bonds is 5. The molecule has 0 bridgehead atoms. The molecule has 4 unspecified atom stereocenters. The van der Waals surface area contributed by atoms with Crippen molar-refractivity contribution in [2.75, 3.05) is 6.61 Å². The maximum Gasteiger partial charge on any atom is 0.306 e. The number of allylic oxidation sites excluding steroid dienone is 4. The van der Waals surface area contributed by atoms with Gasteiger partial charge in [-0.3, -0.25) is 19.2 Å². The molecule has 7 nitrogen and oxygen atoms in total. The lowest BCUT2D eigenvalue weighted by Gasteiger charge is -2.60. The number of Topliss-reactive ketones (excluding diaryl/α,β-unsaturated/α-hetero) is 1. The quantitative estimate of drug-likeness (QED) is 0.612. The van der Waals surface area contributed by atoms with Gasteiger partial charge in [0.15, 0.2) is 18.0 Å². The third-order valence-electron chi connectivity index (χ3n) is 9.42. The van der Waals surface area contributed by atoms with Gasteiger partial charge in [-0.05, 0) is 49.7 Å². The van der Waals surface area contributed by atoms with Crippen LogP contribution in [0.25, 0.3) is 0 Å². The minimum atomic E-state index is -1.47. The summed E-state index contributed by atoms with van der Waals surface area (Å²) in [6, 6.07) is 0. The van der Waals surface area contributed by atoms with E-state index in [4.69, 9.17) is 9.47 Å².